The molecule has 2 unspecified atom stereocenters. The Morgan fingerprint density at radius 1 is 1.38 bits per heavy atom. The van der Waals surface area contributed by atoms with Crippen molar-refractivity contribution in [3.63, 3.8) is 0 Å². The Balaban J connectivity index is 2.90. The fourth-order valence-electron chi connectivity index (χ4n) is 1.93. The average molecular weight is 180 g/mol. The summed E-state index contributed by atoms with van der Waals surface area (Å²) in [5.41, 5.74) is 1.25. The summed E-state index contributed by atoms with van der Waals surface area (Å²) in [7, 11) is 0. The van der Waals surface area contributed by atoms with Crippen molar-refractivity contribution in [1.82, 2.24) is 0 Å². The largest absolute Gasteiger partial charge is 0.294 e. The van der Waals surface area contributed by atoms with Gasteiger partial charge >= 0.3 is 0 Å². The molecule has 0 heterocycles. The molecule has 0 fully saturated rings. The van der Waals surface area contributed by atoms with Gasteiger partial charge in [-0.05, 0) is 30.3 Å². The normalized spacial score (nSPS) is 30.2. The Morgan fingerprint density at radius 2 is 1.92 bits per heavy atom. The van der Waals surface area contributed by atoms with Crippen LogP contribution in [0.3, 0.4) is 0 Å². The molecule has 0 bridgehead atoms. The SMILES string of the molecule is CC1=CC(C(C)(C)C)CC(C)C1=O. The molecular formula is C12H20O. The molecule has 1 nitrogen and oxygen atoms in total. The number of ketones is 1. The molecule has 0 aromatic carbocycles. The fourth-order valence-corrected chi connectivity index (χ4v) is 1.93. The second-order valence-corrected chi connectivity index (χ2v) is 5.32. The average Bonchev–Trinajstić information content (AvgIpc) is 1.97. The van der Waals surface area contributed by atoms with Gasteiger partial charge in [0, 0.05) is 5.92 Å². The molecule has 0 radical (unpaired) electrons. The molecule has 0 aromatic heterocycles. The molecule has 13 heavy (non-hydrogen) atoms. The maximum atomic E-state index is 11.5. The molecule has 0 amide bonds. The van der Waals surface area contributed by atoms with Crippen LogP contribution in [0, 0.1) is 17.3 Å². The lowest BCUT2D eigenvalue weighted by Crippen LogP contribution is -2.29. The zero-order chi connectivity index (χ0) is 10.2. The van der Waals surface area contributed by atoms with Crippen LogP contribution in [-0.4, -0.2) is 5.78 Å². The lowest BCUT2D eigenvalue weighted by atomic mass is 9.71. The zero-order valence-corrected chi connectivity index (χ0v) is 9.35. The van der Waals surface area contributed by atoms with E-state index >= 15 is 0 Å². The van der Waals surface area contributed by atoms with Gasteiger partial charge in [-0.2, -0.15) is 0 Å². The summed E-state index contributed by atoms with van der Waals surface area (Å²) in [6.45, 7) is 10.7. The minimum atomic E-state index is 0.217. The summed E-state index contributed by atoms with van der Waals surface area (Å²) >= 11 is 0. The van der Waals surface area contributed by atoms with Crippen molar-refractivity contribution < 1.29 is 4.79 Å². The third-order valence-corrected chi connectivity index (χ3v) is 3.01. The van der Waals surface area contributed by atoms with Crippen molar-refractivity contribution in [3.05, 3.63) is 11.6 Å². The summed E-state index contributed by atoms with van der Waals surface area (Å²) in [6, 6.07) is 0. The van der Waals surface area contributed by atoms with Gasteiger partial charge in [-0.1, -0.05) is 33.8 Å². The molecule has 1 rings (SSSR count). The highest BCUT2D eigenvalue weighted by atomic mass is 16.1. The number of carbonyl (C=O) groups excluding carboxylic acids is 1. The van der Waals surface area contributed by atoms with Crippen LogP contribution in [0.4, 0.5) is 0 Å². The minimum Gasteiger partial charge on any atom is -0.294 e. The predicted molar refractivity (Wildman–Crippen MR) is 55.5 cm³/mol. The van der Waals surface area contributed by atoms with Crippen LogP contribution >= 0.6 is 0 Å². The number of rotatable bonds is 0. The number of Topliss-reactive ketones (excluding diaryl/α,β-unsaturated/α-hetero) is 1. The van der Waals surface area contributed by atoms with Crippen molar-refractivity contribution in [2.45, 2.75) is 41.0 Å². The van der Waals surface area contributed by atoms with Gasteiger partial charge in [-0.15, -0.1) is 0 Å². The van der Waals surface area contributed by atoms with Crippen LogP contribution in [0.2, 0.25) is 0 Å². The van der Waals surface area contributed by atoms with Crippen LogP contribution in [0.25, 0.3) is 0 Å². The Hall–Kier alpha value is -0.590. The van der Waals surface area contributed by atoms with E-state index in [1.54, 1.807) is 0 Å². The first-order valence-corrected chi connectivity index (χ1v) is 5.05. The van der Waals surface area contributed by atoms with Crippen LogP contribution in [0.5, 0.6) is 0 Å². The van der Waals surface area contributed by atoms with Crippen LogP contribution in [0.1, 0.15) is 41.0 Å². The third kappa shape index (κ3) is 2.20. The van der Waals surface area contributed by atoms with Gasteiger partial charge < -0.3 is 0 Å². The summed E-state index contributed by atoms with van der Waals surface area (Å²) in [5, 5.41) is 0. The molecule has 1 heteroatoms. The van der Waals surface area contributed by atoms with E-state index in [-0.39, 0.29) is 11.3 Å². The van der Waals surface area contributed by atoms with Gasteiger partial charge in [-0.3, -0.25) is 4.79 Å². The number of hydrogen-bond acceptors (Lipinski definition) is 1. The van der Waals surface area contributed by atoms with Crippen LogP contribution in [0.15, 0.2) is 11.6 Å². The van der Waals surface area contributed by atoms with E-state index in [2.05, 4.69) is 26.8 Å². The van der Waals surface area contributed by atoms with Crippen molar-refractivity contribution in [1.29, 1.82) is 0 Å². The van der Waals surface area contributed by atoms with Gasteiger partial charge in [0.1, 0.15) is 0 Å². The molecule has 0 aromatic rings. The van der Waals surface area contributed by atoms with Crippen molar-refractivity contribution in [2.24, 2.45) is 17.3 Å². The van der Waals surface area contributed by atoms with Gasteiger partial charge in [0.15, 0.2) is 5.78 Å². The van der Waals surface area contributed by atoms with E-state index in [0.717, 1.165) is 12.0 Å². The maximum Gasteiger partial charge on any atom is 0.161 e. The van der Waals surface area contributed by atoms with E-state index in [1.807, 2.05) is 13.8 Å². The second kappa shape index (κ2) is 3.28. The van der Waals surface area contributed by atoms with E-state index in [9.17, 15) is 4.79 Å². The molecule has 1 aliphatic carbocycles. The van der Waals surface area contributed by atoms with E-state index in [4.69, 9.17) is 0 Å². The van der Waals surface area contributed by atoms with Gasteiger partial charge in [0.2, 0.25) is 0 Å². The summed E-state index contributed by atoms with van der Waals surface area (Å²) in [4.78, 5) is 11.5. The molecule has 1 aliphatic rings. The van der Waals surface area contributed by atoms with Crippen molar-refractivity contribution >= 4 is 5.78 Å². The van der Waals surface area contributed by atoms with Crippen molar-refractivity contribution in [3.8, 4) is 0 Å². The predicted octanol–water partition coefficient (Wildman–Crippen LogP) is 3.20. The Labute approximate surface area is 81.2 Å². The topological polar surface area (TPSA) is 17.1 Å². The summed E-state index contributed by atoms with van der Waals surface area (Å²) in [5.74, 6) is 1.11. The molecular weight excluding hydrogens is 160 g/mol. The van der Waals surface area contributed by atoms with Gasteiger partial charge in [0.05, 0.1) is 0 Å². The maximum absolute atomic E-state index is 11.5. The first-order chi connectivity index (χ1) is 5.82. The lowest BCUT2D eigenvalue weighted by Gasteiger charge is -2.33. The second-order valence-electron chi connectivity index (χ2n) is 5.32. The first-order valence-electron chi connectivity index (χ1n) is 5.05. The standard InChI is InChI=1S/C12H20O/c1-8-6-10(12(3,4)5)7-9(2)11(8)13/h6,9-10H,7H2,1-5H3. The number of hydrogen-bond donors (Lipinski definition) is 0. The van der Waals surface area contributed by atoms with Gasteiger partial charge in [0.25, 0.3) is 0 Å². The van der Waals surface area contributed by atoms with E-state index < -0.39 is 0 Å². The molecule has 2 atom stereocenters. The van der Waals surface area contributed by atoms with E-state index in [0.29, 0.717) is 11.7 Å². The number of allylic oxidation sites excluding steroid dienone is 2. The monoisotopic (exact) mass is 180 g/mol. The van der Waals surface area contributed by atoms with Crippen LogP contribution in [-0.2, 0) is 4.79 Å². The Morgan fingerprint density at radius 3 is 2.31 bits per heavy atom. The summed E-state index contributed by atoms with van der Waals surface area (Å²) < 4.78 is 0. The van der Waals surface area contributed by atoms with Gasteiger partial charge in [-0.25, -0.2) is 0 Å². The smallest absolute Gasteiger partial charge is 0.161 e. The number of carbonyl (C=O) groups is 1. The zero-order valence-electron chi connectivity index (χ0n) is 9.35. The summed E-state index contributed by atoms with van der Waals surface area (Å²) in [6.07, 6.45) is 3.17. The molecule has 0 saturated heterocycles. The van der Waals surface area contributed by atoms with Crippen LogP contribution < -0.4 is 0 Å². The highest BCUT2D eigenvalue weighted by molar-refractivity contribution is 5.97. The molecule has 0 N–H and O–H groups in total. The van der Waals surface area contributed by atoms with Crippen molar-refractivity contribution in [2.75, 3.05) is 0 Å². The third-order valence-electron chi connectivity index (χ3n) is 3.01. The Bertz CT molecular complexity index is 242. The molecule has 0 spiro atoms. The molecule has 0 aliphatic heterocycles. The lowest BCUT2D eigenvalue weighted by molar-refractivity contribution is -0.120. The highest BCUT2D eigenvalue weighted by Gasteiger charge is 2.31. The quantitative estimate of drug-likeness (QED) is 0.559. The molecule has 74 valence electrons. The fraction of sp³-hybridized carbons (Fsp3) is 0.750. The molecule has 0 saturated carbocycles. The highest BCUT2D eigenvalue weighted by Crippen LogP contribution is 2.37. The minimum absolute atomic E-state index is 0.217. The first kappa shape index (κ1) is 10.5. The van der Waals surface area contributed by atoms with E-state index in [1.165, 1.54) is 0 Å². The Kier molecular flexibility index (Phi) is 2.65.